The number of carbonyl (C=O) groups excluding carboxylic acids is 3. The van der Waals surface area contributed by atoms with E-state index < -0.39 is 23.8 Å². The fourth-order valence-electron chi connectivity index (χ4n) is 2.23. The van der Waals surface area contributed by atoms with Crippen molar-refractivity contribution >= 4 is 18.3 Å². The molecule has 0 aliphatic heterocycles. The summed E-state index contributed by atoms with van der Waals surface area (Å²) in [5.41, 5.74) is 0.534. The third-order valence-electron chi connectivity index (χ3n) is 3.78. The van der Waals surface area contributed by atoms with Gasteiger partial charge in [-0.05, 0) is 5.56 Å². The number of alkyl carbamates (subject to hydrolysis) is 1. The molecule has 6 heteroatoms. The average Bonchev–Trinajstić information content (AvgIpc) is 2.66. The van der Waals surface area contributed by atoms with Crippen LogP contribution in [-0.2, 0) is 14.3 Å². The Kier molecular flexibility index (Phi) is 6.71. The molecule has 0 saturated carbocycles. The zero-order chi connectivity index (χ0) is 19.9. The molecular weight excluding hydrogens is 344 g/mol. The van der Waals surface area contributed by atoms with Crippen molar-refractivity contribution < 1.29 is 19.1 Å². The van der Waals surface area contributed by atoms with Crippen LogP contribution in [0.15, 0.2) is 60.7 Å². The molecule has 2 N–H and O–H groups in total. The number of hydrogen-bond acceptors (Lipinski definition) is 4. The van der Waals surface area contributed by atoms with E-state index in [1.165, 1.54) is 0 Å². The third-order valence-corrected chi connectivity index (χ3v) is 3.78. The number of carbonyl (C=O) groups is 2. The molecule has 0 aliphatic carbocycles. The summed E-state index contributed by atoms with van der Waals surface area (Å²) in [6.45, 7) is 5.28. The van der Waals surface area contributed by atoms with E-state index in [1.807, 2.05) is 6.07 Å². The lowest BCUT2D eigenvalue weighted by Crippen LogP contribution is -2.41. The minimum Gasteiger partial charge on any atom is -0.421 e. The first kappa shape index (κ1) is 20.2. The summed E-state index contributed by atoms with van der Waals surface area (Å²) in [5.74, 6) is -0.272. The van der Waals surface area contributed by atoms with Crippen molar-refractivity contribution in [1.29, 1.82) is 0 Å². The number of amides is 2. The molecule has 0 saturated heterocycles. The molecule has 1 radical (unpaired) electrons. The van der Waals surface area contributed by atoms with Crippen molar-refractivity contribution in [1.82, 2.24) is 10.6 Å². The van der Waals surface area contributed by atoms with Crippen LogP contribution in [0.5, 0.6) is 0 Å². The van der Waals surface area contributed by atoms with Gasteiger partial charge < -0.3 is 15.4 Å². The first-order valence-electron chi connectivity index (χ1n) is 8.57. The minimum atomic E-state index is -0.985. The van der Waals surface area contributed by atoms with Crippen LogP contribution in [0.1, 0.15) is 44.2 Å². The molecule has 2 aromatic rings. The smallest absolute Gasteiger partial charge is 0.410 e. The van der Waals surface area contributed by atoms with Gasteiger partial charge in [0.15, 0.2) is 0 Å². The molecule has 0 spiro atoms. The molecule has 0 aromatic heterocycles. The quantitative estimate of drug-likeness (QED) is 0.766. The summed E-state index contributed by atoms with van der Waals surface area (Å²) in [6.07, 6.45) is -0.0449. The van der Waals surface area contributed by atoms with Gasteiger partial charge in [-0.3, -0.25) is 9.59 Å². The standard InChI is InChI=1S/C21H23N2O4/c1-21(2,3)19(25)23-18(16-12-8-5-9-13-16)27-20(26)22-17(14-24)15-10-6-4-7-11-15/h4-13,17-18H,1-3H3,(H,22,26)(H,23,25). The zero-order valence-corrected chi connectivity index (χ0v) is 15.6. The molecule has 0 bridgehead atoms. The van der Waals surface area contributed by atoms with Crippen LogP contribution in [0.3, 0.4) is 0 Å². The summed E-state index contributed by atoms with van der Waals surface area (Å²) in [6, 6.07) is 16.6. The number of rotatable bonds is 6. The minimum absolute atomic E-state index is 0.272. The van der Waals surface area contributed by atoms with Gasteiger partial charge in [-0.1, -0.05) is 81.4 Å². The molecule has 2 aromatic carbocycles. The Bertz CT molecular complexity index is 770. The Balaban J connectivity index is 2.13. The van der Waals surface area contributed by atoms with Crippen molar-refractivity contribution in [2.75, 3.05) is 0 Å². The van der Waals surface area contributed by atoms with Crippen LogP contribution in [-0.4, -0.2) is 18.3 Å². The summed E-state index contributed by atoms with van der Waals surface area (Å²) >= 11 is 0. The van der Waals surface area contributed by atoms with Crippen molar-refractivity contribution in [2.24, 2.45) is 5.41 Å². The first-order valence-corrected chi connectivity index (χ1v) is 8.57. The highest BCUT2D eigenvalue weighted by Gasteiger charge is 2.27. The summed E-state index contributed by atoms with van der Waals surface area (Å²) in [7, 11) is 0. The molecule has 2 amide bonds. The normalized spacial score (nSPS) is 13.1. The molecule has 27 heavy (non-hydrogen) atoms. The zero-order valence-electron chi connectivity index (χ0n) is 15.6. The monoisotopic (exact) mass is 367 g/mol. The largest absolute Gasteiger partial charge is 0.421 e. The van der Waals surface area contributed by atoms with Crippen LogP contribution in [0.4, 0.5) is 4.79 Å². The first-order chi connectivity index (χ1) is 12.8. The lowest BCUT2D eigenvalue weighted by Gasteiger charge is -2.25. The van der Waals surface area contributed by atoms with Crippen molar-refractivity contribution in [3.05, 3.63) is 71.8 Å². The van der Waals surface area contributed by atoms with E-state index in [0.717, 1.165) is 0 Å². The second-order valence-electron chi connectivity index (χ2n) is 7.03. The van der Waals surface area contributed by atoms with E-state index in [-0.39, 0.29) is 5.91 Å². The van der Waals surface area contributed by atoms with Gasteiger partial charge in [0.2, 0.25) is 18.4 Å². The molecule has 0 fully saturated rings. The lowest BCUT2D eigenvalue weighted by molar-refractivity contribution is -0.131. The Morgan fingerprint density at radius 1 is 0.889 bits per heavy atom. The Morgan fingerprint density at radius 2 is 1.41 bits per heavy atom. The summed E-state index contributed by atoms with van der Waals surface area (Å²) in [4.78, 5) is 35.9. The van der Waals surface area contributed by atoms with Gasteiger partial charge in [0, 0.05) is 11.0 Å². The Morgan fingerprint density at radius 3 is 1.89 bits per heavy atom. The second-order valence-corrected chi connectivity index (χ2v) is 7.03. The Hall–Kier alpha value is -3.15. The van der Waals surface area contributed by atoms with Crippen molar-refractivity contribution in [2.45, 2.75) is 33.0 Å². The van der Waals surface area contributed by atoms with E-state index in [1.54, 1.807) is 81.7 Å². The highest BCUT2D eigenvalue weighted by Crippen LogP contribution is 2.20. The van der Waals surface area contributed by atoms with Crippen LogP contribution < -0.4 is 10.6 Å². The average molecular weight is 367 g/mol. The summed E-state index contributed by atoms with van der Waals surface area (Å²) in [5, 5.41) is 5.17. The van der Waals surface area contributed by atoms with Gasteiger partial charge in [-0.2, -0.15) is 0 Å². The predicted octanol–water partition coefficient (Wildman–Crippen LogP) is 3.42. The molecule has 141 valence electrons. The third kappa shape index (κ3) is 5.95. The number of benzene rings is 2. The highest BCUT2D eigenvalue weighted by atomic mass is 16.6. The van der Waals surface area contributed by atoms with Crippen LogP contribution in [0.2, 0.25) is 0 Å². The molecule has 2 rings (SSSR count). The maximum absolute atomic E-state index is 12.3. The fraction of sp³-hybridized carbons (Fsp3) is 0.286. The van der Waals surface area contributed by atoms with Crippen molar-refractivity contribution in [3.63, 3.8) is 0 Å². The van der Waals surface area contributed by atoms with Gasteiger partial charge in [0.1, 0.15) is 6.04 Å². The van der Waals surface area contributed by atoms with Gasteiger partial charge in [0.25, 0.3) is 0 Å². The van der Waals surface area contributed by atoms with Gasteiger partial charge in [-0.25, -0.2) is 4.79 Å². The summed E-state index contributed by atoms with van der Waals surface area (Å²) < 4.78 is 5.40. The van der Waals surface area contributed by atoms with Crippen LogP contribution >= 0.6 is 0 Å². The molecule has 6 nitrogen and oxygen atoms in total. The van der Waals surface area contributed by atoms with E-state index in [9.17, 15) is 14.4 Å². The topological polar surface area (TPSA) is 84.5 Å². The van der Waals surface area contributed by atoms with Crippen molar-refractivity contribution in [3.8, 4) is 0 Å². The van der Waals surface area contributed by atoms with Crippen LogP contribution in [0.25, 0.3) is 0 Å². The number of ether oxygens (including phenoxy) is 1. The SMILES string of the molecule is CC(C)(C)C(=O)NC(OC(=O)NC([C]=O)c1ccccc1)c1ccccc1. The highest BCUT2D eigenvalue weighted by molar-refractivity contribution is 5.82. The lowest BCUT2D eigenvalue weighted by atomic mass is 9.95. The molecule has 0 heterocycles. The van der Waals surface area contributed by atoms with E-state index in [4.69, 9.17) is 4.74 Å². The van der Waals surface area contributed by atoms with Gasteiger partial charge in [-0.15, -0.1) is 0 Å². The molecular formula is C21H23N2O4. The maximum Gasteiger partial charge on any atom is 0.410 e. The van der Waals surface area contributed by atoms with E-state index in [2.05, 4.69) is 10.6 Å². The second kappa shape index (κ2) is 8.98. The maximum atomic E-state index is 12.3. The number of hydrogen-bond donors (Lipinski definition) is 2. The Labute approximate surface area is 158 Å². The molecule has 2 atom stereocenters. The van der Waals surface area contributed by atoms with Crippen LogP contribution in [0, 0.1) is 5.41 Å². The van der Waals surface area contributed by atoms with E-state index >= 15 is 0 Å². The fourth-order valence-corrected chi connectivity index (χ4v) is 2.23. The van der Waals surface area contributed by atoms with Gasteiger partial charge >= 0.3 is 6.09 Å². The predicted molar refractivity (Wildman–Crippen MR) is 101 cm³/mol. The molecule has 0 aliphatic rings. The molecule has 2 unspecified atom stereocenters. The number of nitrogens with one attached hydrogen (secondary N) is 2. The van der Waals surface area contributed by atoms with E-state index in [0.29, 0.717) is 11.1 Å². The van der Waals surface area contributed by atoms with Gasteiger partial charge in [0.05, 0.1) is 0 Å².